The van der Waals surface area contributed by atoms with Crippen molar-refractivity contribution < 1.29 is 8.42 Å². The molecule has 0 spiro atoms. The highest BCUT2D eigenvalue weighted by molar-refractivity contribution is 7.89. The van der Waals surface area contributed by atoms with Crippen molar-refractivity contribution in [2.45, 2.75) is 17.4 Å². The molecule has 108 valence electrons. The van der Waals surface area contributed by atoms with Crippen LogP contribution in [-0.2, 0) is 10.0 Å². The Morgan fingerprint density at radius 2 is 2.05 bits per heavy atom. The Labute approximate surface area is 129 Å². The summed E-state index contributed by atoms with van der Waals surface area (Å²) < 4.78 is 26.3. The number of nitrogens with one attached hydrogen (secondary N) is 1. The van der Waals surface area contributed by atoms with E-state index in [1.54, 1.807) is 12.1 Å². The zero-order chi connectivity index (χ0) is 13.3. The summed E-state index contributed by atoms with van der Waals surface area (Å²) in [4.78, 5) is 0.0772. The average Bonchev–Trinajstić information content (AvgIpc) is 2.81. The molecule has 1 atom stereocenters. The van der Waals surface area contributed by atoms with Crippen LogP contribution in [-0.4, -0.2) is 38.9 Å². The van der Waals surface area contributed by atoms with Gasteiger partial charge in [0, 0.05) is 19.1 Å². The minimum absolute atomic E-state index is 0. The SMILES string of the molecule is CNC1CCN(S(=O)(=O)c2cccc(Cl)c2Cl)C1.Cl. The Kier molecular flexibility index (Phi) is 5.92. The van der Waals surface area contributed by atoms with Crippen molar-refractivity contribution in [3.8, 4) is 0 Å². The van der Waals surface area contributed by atoms with Crippen LogP contribution in [0.4, 0.5) is 0 Å². The first-order valence-corrected chi connectivity index (χ1v) is 7.78. The smallest absolute Gasteiger partial charge is 0.244 e. The molecule has 0 aliphatic carbocycles. The van der Waals surface area contributed by atoms with E-state index in [-0.39, 0.29) is 33.4 Å². The molecule has 8 heteroatoms. The summed E-state index contributed by atoms with van der Waals surface area (Å²) in [5.41, 5.74) is 0. The van der Waals surface area contributed by atoms with Gasteiger partial charge >= 0.3 is 0 Å². The molecule has 1 unspecified atom stereocenters. The second kappa shape index (κ2) is 6.61. The molecule has 1 N–H and O–H groups in total. The molecule has 1 aromatic rings. The molecule has 0 aromatic heterocycles. The lowest BCUT2D eigenvalue weighted by Crippen LogP contribution is -2.33. The standard InChI is InChI=1S/C11H14Cl2N2O2S.ClH/c1-14-8-5-6-15(7-8)18(16,17)10-4-2-3-9(12)11(10)13;/h2-4,8,14H,5-7H2,1H3;1H. The second-order valence-electron chi connectivity index (χ2n) is 4.19. The normalized spacial score (nSPS) is 20.3. The number of rotatable bonds is 3. The first kappa shape index (κ1) is 17.0. The molecule has 1 aromatic carbocycles. The number of likely N-dealkylation sites (N-methyl/N-ethyl adjacent to an activating group) is 1. The average molecular weight is 346 g/mol. The van der Waals surface area contributed by atoms with E-state index in [4.69, 9.17) is 23.2 Å². The third-order valence-electron chi connectivity index (χ3n) is 3.09. The van der Waals surface area contributed by atoms with Crippen molar-refractivity contribution in [1.29, 1.82) is 0 Å². The van der Waals surface area contributed by atoms with Gasteiger partial charge in [-0.15, -0.1) is 12.4 Å². The Morgan fingerprint density at radius 1 is 1.37 bits per heavy atom. The van der Waals surface area contributed by atoms with Gasteiger partial charge in [-0.2, -0.15) is 4.31 Å². The molecular formula is C11H15Cl3N2O2S. The van der Waals surface area contributed by atoms with Crippen LogP contribution in [0.25, 0.3) is 0 Å². The molecule has 1 aliphatic heterocycles. The predicted octanol–water partition coefficient (Wildman–Crippen LogP) is 2.40. The Bertz CT molecular complexity index is 551. The number of hydrogen-bond acceptors (Lipinski definition) is 3. The van der Waals surface area contributed by atoms with E-state index in [1.807, 2.05) is 7.05 Å². The van der Waals surface area contributed by atoms with Crippen molar-refractivity contribution in [3.63, 3.8) is 0 Å². The summed E-state index contributed by atoms with van der Waals surface area (Å²) in [6.45, 7) is 0.957. The molecule has 0 amide bonds. The van der Waals surface area contributed by atoms with Crippen LogP contribution in [0.2, 0.25) is 10.0 Å². The predicted molar refractivity (Wildman–Crippen MR) is 79.9 cm³/mol. The van der Waals surface area contributed by atoms with Crippen molar-refractivity contribution in [2.75, 3.05) is 20.1 Å². The molecule has 1 heterocycles. The van der Waals surface area contributed by atoms with Gasteiger partial charge in [-0.3, -0.25) is 0 Å². The Hall–Kier alpha value is -0.0400. The fourth-order valence-electron chi connectivity index (χ4n) is 2.00. The number of halogens is 3. The number of benzene rings is 1. The summed E-state index contributed by atoms with van der Waals surface area (Å²) in [6, 6.07) is 4.84. The molecule has 4 nitrogen and oxygen atoms in total. The third kappa shape index (κ3) is 3.35. The highest BCUT2D eigenvalue weighted by atomic mass is 35.5. The van der Waals surface area contributed by atoms with E-state index in [2.05, 4.69) is 5.32 Å². The van der Waals surface area contributed by atoms with Gasteiger partial charge in [-0.05, 0) is 25.6 Å². The number of sulfonamides is 1. The molecule has 0 saturated carbocycles. The first-order chi connectivity index (χ1) is 8.46. The van der Waals surface area contributed by atoms with Crippen LogP contribution < -0.4 is 5.32 Å². The summed E-state index contributed by atoms with van der Waals surface area (Å²) in [5.74, 6) is 0. The summed E-state index contributed by atoms with van der Waals surface area (Å²) in [6.07, 6.45) is 0.800. The van der Waals surface area contributed by atoms with Crippen molar-refractivity contribution in [1.82, 2.24) is 9.62 Å². The van der Waals surface area contributed by atoms with Crippen molar-refractivity contribution in [2.24, 2.45) is 0 Å². The van der Waals surface area contributed by atoms with Crippen LogP contribution >= 0.6 is 35.6 Å². The van der Waals surface area contributed by atoms with Crippen LogP contribution in [0, 0.1) is 0 Å². The fraction of sp³-hybridized carbons (Fsp3) is 0.455. The second-order valence-corrected chi connectivity index (χ2v) is 6.88. The van der Waals surface area contributed by atoms with Gasteiger partial charge in [-0.1, -0.05) is 29.3 Å². The molecule has 19 heavy (non-hydrogen) atoms. The Balaban J connectivity index is 0.00000180. The lowest BCUT2D eigenvalue weighted by molar-refractivity contribution is 0.464. The van der Waals surface area contributed by atoms with E-state index < -0.39 is 10.0 Å². The number of nitrogens with zero attached hydrogens (tertiary/aromatic N) is 1. The monoisotopic (exact) mass is 344 g/mol. The van der Waals surface area contributed by atoms with Gasteiger partial charge in [0.25, 0.3) is 0 Å². The molecule has 0 radical (unpaired) electrons. The van der Waals surface area contributed by atoms with Crippen molar-refractivity contribution >= 4 is 45.6 Å². The van der Waals surface area contributed by atoms with Crippen LogP contribution in [0.15, 0.2) is 23.1 Å². The van der Waals surface area contributed by atoms with Crippen LogP contribution in [0.5, 0.6) is 0 Å². The zero-order valence-corrected chi connectivity index (χ0v) is 13.4. The molecule has 2 rings (SSSR count). The highest BCUT2D eigenvalue weighted by Gasteiger charge is 2.33. The van der Waals surface area contributed by atoms with Crippen LogP contribution in [0.1, 0.15) is 6.42 Å². The van der Waals surface area contributed by atoms with Gasteiger partial charge in [0.2, 0.25) is 10.0 Å². The topological polar surface area (TPSA) is 49.4 Å². The lowest BCUT2D eigenvalue weighted by atomic mass is 10.3. The van der Waals surface area contributed by atoms with E-state index >= 15 is 0 Å². The molecular weight excluding hydrogens is 331 g/mol. The third-order valence-corrected chi connectivity index (χ3v) is 5.93. The van der Waals surface area contributed by atoms with E-state index in [0.29, 0.717) is 13.1 Å². The molecule has 1 aliphatic rings. The van der Waals surface area contributed by atoms with E-state index in [0.717, 1.165) is 6.42 Å². The van der Waals surface area contributed by atoms with Gasteiger partial charge in [0.05, 0.1) is 10.0 Å². The highest BCUT2D eigenvalue weighted by Crippen LogP contribution is 2.32. The summed E-state index contributed by atoms with van der Waals surface area (Å²) >= 11 is 11.8. The van der Waals surface area contributed by atoms with E-state index in [1.165, 1.54) is 10.4 Å². The maximum atomic E-state index is 12.4. The molecule has 1 saturated heterocycles. The molecule has 0 bridgehead atoms. The zero-order valence-electron chi connectivity index (χ0n) is 10.3. The first-order valence-electron chi connectivity index (χ1n) is 5.58. The van der Waals surface area contributed by atoms with Gasteiger partial charge in [0.1, 0.15) is 4.90 Å². The fourth-order valence-corrected chi connectivity index (χ4v) is 4.24. The minimum atomic E-state index is -3.56. The largest absolute Gasteiger partial charge is 0.316 e. The summed E-state index contributed by atoms with van der Waals surface area (Å²) in [7, 11) is -1.73. The van der Waals surface area contributed by atoms with E-state index in [9.17, 15) is 8.42 Å². The number of hydrogen-bond donors (Lipinski definition) is 1. The van der Waals surface area contributed by atoms with Gasteiger partial charge < -0.3 is 5.32 Å². The Morgan fingerprint density at radius 3 is 2.63 bits per heavy atom. The molecule has 1 fully saturated rings. The van der Waals surface area contributed by atoms with Gasteiger partial charge in [0.15, 0.2) is 0 Å². The van der Waals surface area contributed by atoms with Crippen LogP contribution in [0.3, 0.4) is 0 Å². The maximum Gasteiger partial charge on any atom is 0.244 e. The summed E-state index contributed by atoms with van der Waals surface area (Å²) in [5, 5.41) is 3.42. The van der Waals surface area contributed by atoms with Crippen molar-refractivity contribution in [3.05, 3.63) is 28.2 Å². The lowest BCUT2D eigenvalue weighted by Gasteiger charge is -2.17. The maximum absolute atomic E-state index is 12.4. The minimum Gasteiger partial charge on any atom is -0.316 e. The quantitative estimate of drug-likeness (QED) is 0.915. The van der Waals surface area contributed by atoms with Gasteiger partial charge in [-0.25, -0.2) is 8.42 Å².